The molecule has 9 nitrogen and oxygen atoms in total. The lowest BCUT2D eigenvalue weighted by Gasteiger charge is -2.40. The molecule has 1 aliphatic rings. The predicted octanol–water partition coefficient (Wildman–Crippen LogP) is 0.157. The van der Waals surface area contributed by atoms with E-state index < -0.39 is 48.8 Å². The molecule has 9 heteroatoms. The molecule has 1 rings (SSSR count). The maximum Gasteiger partial charge on any atom is 0.332 e. The number of carbonyl (C=O) groups is 3. The van der Waals surface area contributed by atoms with E-state index in [2.05, 4.69) is 26.3 Å². The van der Waals surface area contributed by atoms with Gasteiger partial charge in [-0.05, 0) is 6.08 Å². The van der Waals surface area contributed by atoms with Crippen LogP contribution < -0.4 is 0 Å². The average molecular weight is 368 g/mol. The Labute approximate surface area is 150 Å². The third-order valence-corrected chi connectivity index (χ3v) is 3.13. The molecular weight excluding hydrogens is 348 g/mol. The fourth-order valence-corrected chi connectivity index (χ4v) is 1.99. The van der Waals surface area contributed by atoms with Gasteiger partial charge in [-0.15, -0.1) is 0 Å². The molecule has 1 saturated heterocycles. The topological polar surface area (TPSA) is 118 Å². The number of esters is 3. The van der Waals surface area contributed by atoms with Crippen molar-refractivity contribution in [3.05, 3.63) is 50.6 Å². The monoisotopic (exact) mass is 368 g/mol. The van der Waals surface area contributed by atoms with Crippen LogP contribution >= 0.6 is 0 Å². The summed E-state index contributed by atoms with van der Waals surface area (Å²) < 4.78 is 25.8. The Balaban J connectivity index is 3.15. The van der Waals surface area contributed by atoms with E-state index in [-0.39, 0.29) is 6.61 Å². The Hall–Kier alpha value is -2.75. The highest BCUT2D eigenvalue weighted by Gasteiger charge is 2.48. The Morgan fingerprint density at radius 1 is 0.923 bits per heavy atom. The van der Waals surface area contributed by atoms with Crippen molar-refractivity contribution in [2.24, 2.45) is 0 Å². The van der Waals surface area contributed by atoms with Crippen LogP contribution in [0, 0.1) is 0 Å². The zero-order valence-electron chi connectivity index (χ0n) is 13.9. The van der Waals surface area contributed by atoms with E-state index in [0.717, 1.165) is 24.3 Å². The lowest BCUT2D eigenvalue weighted by molar-refractivity contribution is -0.295. The summed E-state index contributed by atoms with van der Waals surface area (Å²) in [6.45, 7) is 12.9. The molecule has 0 saturated carbocycles. The molecule has 0 radical (unpaired) electrons. The van der Waals surface area contributed by atoms with E-state index in [9.17, 15) is 19.5 Å². The van der Waals surface area contributed by atoms with E-state index >= 15 is 0 Å². The molecule has 26 heavy (non-hydrogen) atoms. The third-order valence-electron chi connectivity index (χ3n) is 3.13. The second-order valence-electron chi connectivity index (χ2n) is 4.85. The number of carbonyl (C=O) groups excluding carboxylic acids is 3. The number of hydrogen-bond donors (Lipinski definition) is 1. The maximum atomic E-state index is 11.7. The highest BCUT2D eigenvalue weighted by atomic mass is 16.7. The van der Waals surface area contributed by atoms with Gasteiger partial charge in [-0.3, -0.25) is 0 Å². The van der Waals surface area contributed by atoms with Crippen molar-refractivity contribution in [1.82, 2.24) is 0 Å². The molecular formula is C17H20O9. The van der Waals surface area contributed by atoms with Crippen LogP contribution in [0.5, 0.6) is 0 Å². The number of ether oxygens (including phenoxy) is 5. The molecule has 1 aliphatic heterocycles. The highest BCUT2D eigenvalue weighted by molar-refractivity contribution is 5.82. The Bertz CT molecular complexity index is 583. The van der Waals surface area contributed by atoms with Crippen molar-refractivity contribution in [3.8, 4) is 0 Å². The van der Waals surface area contributed by atoms with Crippen molar-refractivity contribution >= 4 is 17.9 Å². The SMILES string of the molecule is C=CC(=O)O[C@@H]1OC[C@@H](OC(=O)C=C)[C@@H](OC(=O)C=C)[C@@H]1OC(O)C=C. The summed E-state index contributed by atoms with van der Waals surface area (Å²) in [5, 5.41) is 9.70. The molecule has 0 aromatic heterocycles. The fourth-order valence-electron chi connectivity index (χ4n) is 1.99. The van der Waals surface area contributed by atoms with Crippen LogP contribution in [0.15, 0.2) is 50.6 Å². The number of aliphatic hydroxyl groups is 1. The van der Waals surface area contributed by atoms with Crippen LogP contribution in [0.1, 0.15) is 0 Å². The Kier molecular flexibility index (Phi) is 8.43. The van der Waals surface area contributed by atoms with Crippen molar-refractivity contribution in [3.63, 3.8) is 0 Å². The first-order valence-corrected chi connectivity index (χ1v) is 7.43. The molecule has 1 fully saturated rings. The summed E-state index contributed by atoms with van der Waals surface area (Å²) in [4.78, 5) is 34.7. The van der Waals surface area contributed by atoms with Gasteiger partial charge in [0.2, 0.25) is 6.29 Å². The molecule has 0 amide bonds. The smallest absolute Gasteiger partial charge is 0.332 e. The van der Waals surface area contributed by atoms with Gasteiger partial charge in [0.1, 0.15) is 0 Å². The normalized spacial score (nSPS) is 25.9. The molecule has 1 unspecified atom stereocenters. The van der Waals surface area contributed by atoms with Gasteiger partial charge in [-0.1, -0.05) is 26.3 Å². The van der Waals surface area contributed by atoms with Gasteiger partial charge in [-0.25, -0.2) is 14.4 Å². The van der Waals surface area contributed by atoms with Gasteiger partial charge in [0, 0.05) is 18.2 Å². The van der Waals surface area contributed by atoms with Gasteiger partial charge in [0.05, 0.1) is 6.61 Å². The Morgan fingerprint density at radius 3 is 2.00 bits per heavy atom. The fraction of sp³-hybridized carbons (Fsp3) is 0.353. The number of rotatable bonds is 9. The first kappa shape index (κ1) is 21.3. The first-order valence-electron chi connectivity index (χ1n) is 7.43. The van der Waals surface area contributed by atoms with Gasteiger partial charge in [0.15, 0.2) is 24.6 Å². The van der Waals surface area contributed by atoms with E-state index in [0.29, 0.717) is 0 Å². The van der Waals surface area contributed by atoms with E-state index in [1.807, 2.05) is 0 Å². The summed E-state index contributed by atoms with van der Waals surface area (Å²) in [7, 11) is 0. The molecule has 0 spiro atoms. The third kappa shape index (κ3) is 5.96. The van der Waals surface area contributed by atoms with Crippen molar-refractivity contribution in [1.29, 1.82) is 0 Å². The van der Waals surface area contributed by atoms with E-state index in [1.165, 1.54) is 0 Å². The van der Waals surface area contributed by atoms with Crippen LogP contribution in [0.4, 0.5) is 0 Å². The second-order valence-corrected chi connectivity index (χ2v) is 4.85. The summed E-state index contributed by atoms with van der Waals surface area (Å²) in [5.41, 5.74) is 0. The minimum atomic E-state index is -1.51. The lowest BCUT2D eigenvalue weighted by Crippen LogP contribution is -2.58. The summed E-state index contributed by atoms with van der Waals surface area (Å²) in [6.07, 6.45) is -2.91. The van der Waals surface area contributed by atoms with Gasteiger partial charge >= 0.3 is 17.9 Å². The molecule has 1 heterocycles. The van der Waals surface area contributed by atoms with Gasteiger partial charge in [-0.2, -0.15) is 0 Å². The molecule has 142 valence electrons. The van der Waals surface area contributed by atoms with Gasteiger partial charge in [0.25, 0.3) is 0 Å². The molecule has 0 aromatic rings. The Morgan fingerprint density at radius 2 is 1.46 bits per heavy atom. The van der Waals surface area contributed by atoms with Crippen LogP contribution in [0.25, 0.3) is 0 Å². The maximum absolute atomic E-state index is 11.7. The van der Waals surface area contributed by atoms with Crippen molar-refractivity contribution < 1.29 is 43.2 Å². The molecule has 0 bridgehead atoms. The van der Waals surface area contributed by atoms with Gasteiger partial charge < -0.3 is 28.8 Å². The first-order chi connectivity index (χ1) is 12.4. The van der Waals surface area contributed by atoms with E-state index in [4.69, 9.17) is 23.7 Å². The highest BCUT2D eigenvalue weighted by Crippen LogP contribution is 2.26. The van der Waals surface area contributed by atoms with E-state index in [1.54, 1.807) is 0 Å². The zero-order chi connectivity index (χ0) is 19.7. The van der Waals surface area contributed by atoms with Crippen molar-refractivity contribution in [2.75, 3.05) is 6.61 Å². The average Bonchev–Trinajstić information content (AvgIpc) is 2.65. The lowest BCUT2D eigenvalue weighted by atomic mass is 10.0. The standard InChI is InChI=1S/C17H20O9/c1-5-11(18)23-10-9-22-17(26-14(21)8-4)16(25-13(20)7-3)15(10)24-12(19)6-2/h5-8,10,13,15-17,20H,1-4,9H2/t10-,13?,15-,16+,17+/m1/s1. The minimum Gasteiger partial charge on any atom is -0.453 e. The van der Waals surface area contributed by atoms with Crippen LogP contribution in [-0.2, 0) is 38.1 Å². The quantitative estimate of drug-likeness (QED) is 0.200. The molecule has 0 aromatic carbocycles. The summed E-state index contributed by atoms with van der Waals surface area (Å²) in [6, 6.07) is 0. The van der Waals surface area contributed by atoms with Crippen LogP contribution in [-0.4, -0.2) is 60.5 Å². The molecule has 0 aliphatic carbocycles. The second kappa shape index (κ2) is 10.3. The van der Waals surface area contributed by atoms with Crippen LogP contribution in [0.2, 0.25) is 0 Å². The number of hydrogen-bond acceptors (Lipinski definition) is 9. The molecule has 5 atom stereocenters. The zero-order valence-corrected chi connectivity index (χ0v) is 13.9. The summed E-state index contributed by atoms with van der Waals surface area (Å²) >= 11 is 0. The molecule has 1 N–H and O–H groups in total. The predicted molar refractivity (Wildman–Crippen MR) is 87.3 cm³/mol. The van der Waals surface area contributed by atoms with Crippen LogP contribution in [0.3, 0.4) is 0 Å². The minimum absolute atomic E-state index is 0.284. The number of aliphatic hydroxyl groups excluding tert-OH is 1. The summed E-state index contributed by atoms with van der Waals surface area (Å²) in [5.74, 6) is -2.50. The largest absolute Gasteiger partial charge is 0.453 e. The van der Waals surface area contributed by atoms with Crippen molar-refractivity contribution in [2.45, 2.75) is 30.9 Å².